The van der Waals surface area contributed by atoms with Crippen LogP contribution in [-0.4, -0.2) is 22.2 Å². The van der Waals surface area contributed by atoms with Crippen molar-refractivity contribution in [2.75, 3.05) is 5.75 Å². The van der Waals surface area contributed by atoms with Crippen molar-refractivity contribution in [2.24, 2.45) is 17.4 Å². The fourth-order valence-electron chi connectivity index (χ4n) is 2.57. The minimum Gasteiger partial charge on any atom is -0.368 e. The molecule has 1 saturated carbocycles. The van der Waals surface area contributed by atoms with Crippen molar-refractivity contribution in [3.05, 3.63) is 24.4 Å². The molecule has 1 aliphatic rings. The highest BCUT2D eigenvalue weighted by molar-refractivity contribution is 7.99. The third-order valence-corrected chi connectivity index (χ3v) is 4.66. The number of amides is 1. The number of rotatable bonds is 5. The van der Waals surface area contributed by atoms with E-state index in [1.54, 1.807) is 18.0 Å². The number of thioether (sulfide) groups is 1. The molecular formula is C13H19N3OS. The molecule has 18 heavy (non-hydrogen) atoms. The minimum absolute atomic E-state index is 0.214. The number of aromatic nitrogens is 1. The fourth-order valence-corrected chi connectivity index (χ4v) is 3.49. The standard InChI is InChI=1S/C13H19N3OS/c14-12(17)13(15)7-3-4-10(13)6-9-18-11-5-1-2-8-16-11/h1-2,5,8,10H,3-4,6-7,9,15H2,(H2,14,17). The van der Waals surface area contributed by atoms with Crippen LogP contribution in [-0.2, 0) is 4.79 Å². The first-order valence-electron chi connectivity index (χ1n) is 6.25. The predicted octanol–water partition coefficient (Wildman–Crippen LogP) is 1.55. The lowest BCUT2D eigenvalue weighted by Crippen LogP contribution is -2.54. The van der Waals surface area contributed by atoms with Crippen LogP contribution in [0, 0.1) is 5.92 Å². The van der Waals surface area contributed by atoms with Gasteiger partial charge in [0.15, 0.2) is 0 Å². The van der Waals surface area contributed by atoms with Crippen molar-refractivity contribution >= 4 is 17.7 Å². The van der Waals surface area contributed by atoms with E-state index in [1.807, 2.05) is 18.2 Å². The van der Waals surface area contributed by atoms with Gasteiger partial charge in [-0.3, -0.25) is 4.79 Å². The zero-order valence-electron chi connectivity index (χ0n) is 10.3. The zero-order valence-corrected chi connectivity index (χ0v) is 11.2. The Labute approximate surface area is 112 Å². The van der Waals surface area contributed by atoms with Crippen LogP contribution in [0.15, 0.2) is 29.4 Å². The lowest BCUT2D eigenvalue weighted by molar-refractivity contribution is -0.124. The van der Waals surface area contributed by atoms with E-state index >= 15 is 0 Å². The molecule has 0 bridgehead atoms. The van der Waals surface area contributed by atoms with Crippen LogP contribution in [0.2, 0.25) is 0 Å². The molecule has 4 nitrogen and oxygen atoms in total. The average molecular weight is 265 g/mol. The summed E-state index contributed by atoms with van der Waals surface area (Å²) in [5.41, 5.74) is 10.8. The Kier molecular flexibility index (Phi) is 4.24. The second kappa shape index (κ2) is 5.71. The maximum atomic E-state index is 11.4. The van der Waals surface area contributed by atoms with Gasteiger partial charge in [0.2, 0.25) is 5.91 Å². The zero-order chi connectivity index (χ0) is 13.0. The molecule has 2 atom stereocenters. The summed E-state index contributed by atoms with van der Waals surface area (Å²) < 4.78 is 0. The molecule has 4 N–H and O–H groups in total. The molecule has 1 aromatic rings. The van der Waals surface area contributed by atoms with Gasteiger partial charge in [-0.25, -0.2) is 4.98 Å². The molecule has 1 amide bonds. The Morgan fingerprint density at radius 2 is 2.39 bits per heavy atom. The van der Waals surface area contributed by atoms with Crippen molar-refractivity contribution in [3.8, 4) is 0 Å². The maximum absolute atomic E-state index is 11.4. The van der Waals surface area contributed by atoms with E-state index in [4.69, 9.17) is 11.5 Å². The van der Waals surface area contributed by atoms with Gasteiger partial charge in [0.1, 0.15) is 0 Å². The SMILES string of the molecule is NC(=O)C1(N)CCCC1CCSc1ccccn1. The molecule has 1 aromatic heterocycles. The summed E-state index contributed by atoms with van der Waals surface area (Å²) in [6.45, 7) is 0. The number of pyridine rings is 1. The molecule has 0 aromatic carbocycles. The van der Waals surface area contributed by atoms with E-state index in [2.05, 4.69) is 4.98 Å². The summed E-state index contributed by atoms with van der Waals surface area (Å²) in [5.74, 6) is 0.785. The van der Waals surface area contributed by atoms with Gasteiger partial charge in [0.05, 0.1) is 10.6 Å². The predicted molar refractivity (Wildman–Crippen MR) is 73.0 cm³/mol. The lowest BCUT2D eigenvalue weighted by Gasteiger charge is -2.27. The van der Waals surface area contributed by atoms with Crippen molar-refractivity contribution in [3.63, 3.8) is 0 Å². The van der Waals surface area contributed by atoms with Gasteiger partial charge in [0.25, 0.3) is 0 Å². The van der Waals surface area contributed by atoms with Crippen LogP contribution < -0.4 is 11.5 Å². The van der Waals surface area contributed by atoms with Crippen LogP contribution in [0.5, 0.6) is 0 Å². The van der Waals surface area contributed by atoms with Gasteiger partial charge >= 0.3 is 0 Å². The average Bonchev–Trinajstić information content (AvgIpc) is 2.74. The normalized spacial score (nSPS) is 27.3. The molecule has 0 spiro atoms. The Morgan fingerprint density at radius 1 is 1.56 bits per heavy atom. The van der Waals surface area contributed by atoms with Crippen molar-refractivity contribution in [1.29, 1.82) is 0 Å². The molecule has 0 radical (unpaired) electrons. The molecular weight excluding hydrogens is 246 g/mol. The smallest absolute Gasteiger partial charge is 0.237 e. The number of hydrogen-bond donors (Lipinski definition) is 2. The molecule has 2 unspecified atom stereocenters. The number of carbonyl (C=O) groups excluding carboxylic acids is 1. The van der Waals surface area contributed by atoms with Gasteiger partial charge in [-0.05, 0) is 43.1 Å². The van der Waals surface area contributed by atoms with Gasteiger partial charge < -0.3 is 11.5 Å². The van der Waals surface area contributed by atoms with Gasteiger partial charge in [0, 0.05) is 6.20 Å². The Bertz CT molecular complexity index is 412. The molecule has 1 heterocycles. The fraction of sp³-hybridized carbons (Fsp3) is 0.538. The van der Waals surface area contributed by atoms with Gasteiger partial charge in [-0.2, -0.15) is 0 Å². The molecule has 5 heteroatoms. The largest absolute Gasteiger partial charge is 0.368 e. The van der Waals surface area contributed by atoms with Crippen LogP contribution in [0.1, 0.15) is 25.7 Å². The third-order valence-electron chi connectivity index (χ3n) is 3.68. The highest BCUT2D eigenvalue weighted by Crippen LogP contribution is 2.37. The molecule has 98 valence electrons. The van der Waals surface area contributed by atoms with E-state index in [9.17, 15) is 4.79 Å². The minimum atomic E-state index is -0.787. The monoisotopic (exact) mass is 265 g/mol. The number of carbonyl (C=O) groups is 1. The second-order valence-corrected chi connectivity index (χ2v) is 5.91. The maximum Gasteiger partial charge on any atom is 0.237 e. The van der Waals surface area contributed by atoms with E-state index in [0.717, 1.165) is 36.5 Å². The summed E-state index contributed by atoms with van der Waals surface area (Å²) in [6, 6.07) is 5.86. The third kappa shape index (κ3) is 2.84. The summed E-state index contributed by atoms with van der Waals surface area (Å²) >= 11 is 1.70. The molecule has 1 aliphatic carbocycles. The van der Waals surface area contributed by atoms with Gasteiger partial charge in [-0.15, -0.1) is 11.8 Å². The Hall–Kier alpha value is -1.07. The van der Waals surface area contributed by atoms with E-state index in [1.165, 1.54) is 0 Å². The van der Waals surface area contributed by atoms with Crippen LogP contribution in [0.4, 0.5) is 0 Å². The number of hydrogen-bond acceptors (Lipinski definition) is 4. The number of nitrogens with two attached hydrogens (primary N) is 2. The first kappa shape index (κ1) is 13.4. The van der Waals surface area contributed by atoms with E-state index < -0.39 is 5.54 Å². The van der Waals surface area contributed by atoms with Crippen LogP contribution >= 0.6 is 11.8 Å². The second-order valence-electron chi connectivity index (χ2n) is 4.80. The summed E-state index contributed by atoms with van der Waals surface area (Å²) in [6.07, 6.45) is 5.43. The first-order valence-corrected chi connectivity index (χ1v) is 7.24. The number of primary amides is 1. The van der Waals surface area contributed by atoms with Crippen molar-refractivity contribution in [1.82, 2.24) is 4.98 Å². The summed E-state index contributed by atoms with van der Waals surface area (Å²) in [5, 5.41) is 1.01. The van der Waals surface area contributed by atoms with Crippen LogP contribution in [0.25, 0.3) is 0 Å². The first-order chi connectivity index (χ1) is 8.63. The highest BCUT2D eigenvalue weighted by atomic mass is 32.2. The summed E-state index contributed by atoms with van der Waals surface area (Å²) in [4.78, 5) is 15.7. The molecule has 1 fully saturated rings. The molecule has 0 aliphatic heterocycles. The van der Waals surface area contributed by atoms with Crippen molar-refractivity contribution < 1.29 is 4.79 Å². The van der Waals surface area contributed by atoms with Crippen LogP contribution in [0.3, 0.4) is 0 Å². The molecule has 2 rings (SSSR count). The van der Waals surface area contributed by atoms with Crippen molar-refractivity contribution in [2.45, 2.75) is 36.2 Å². The van der Waals surface area contributed by atoms with E-state index in [0.29, 0.717) is 0 Å². The van der Waals surface area contributed by atoms with E-state index in [-0.39, 0.29) is 11.8 Å². The van der Waals surface area contributed by atoms with Gasteiger partial charge in [-0.1, -0.05) is 12.5 Å². The Balaban J connectivity index is 1.85. The lowest BCUT2D eigenvalue weighted by atomic mass is 9.85. The number of nitrogens with zero attached hydrogens (tertiary/aromatic N) is 1. The summed E-state index contributed by atoms with van der Waals surface area (Å²) in [7, 11) is 0. The highest BCUT2D eigenvalue weighted by Gasteiger charge is 2.43. The quantitative estimate of drug-likeness (QED) is 0.791. The Morgan fingerprint density at radius 3 is 3.06 bits per heavy atom. The molecule has 0 saturated heterocycles. The topological polar surface area (TPSA) is 82.0 Å².